The lowest BCUT2D eigenvalue weighted by molar-refractivity contribution is 0.684. The smallest absolute Gasteiger partial charge is 0.190 e. The summed E-state index contributed by atoms with van der Waals surface area (Å²) in [5.74, 6) is 0. The van der Waals surface area contributed by atoms with E-state index in [1.807, 2.05) is 54.6 Å². The van der Waals surface area contributed by atoms with Crippen LogP contribution in [0.1, 0.15) is 5.56 Å². The van der Waals surface area contributed by atoms with Gasteiger partial charge in [0.1, 0.15) is 0 Å². The first-order valence-electron chi connectivity index (χ1n) is 8.88. The Labute approximate surface area is 168 Å². The number of rotatable bonds is 5. The number of aromatic nitrogens is 1. The van der Waals surface area contributed by atoms with E-state index >= 15 is 0 Å². The molecule has 0 aliphatic heterocycles. The molecule has 0 saturated heterocycles. The first-order valence-corrected chi connectivity index (χ1v) is 10.1. The molecule has 0 N–H and O–H groups in total. The van der Waals surface area contributed by atoms with E-state index in [-0.39, 0.29) is 0 Å². The molecular weight excluding hydrogens is 372 g/mol. The van der Waals surface area contributed by atoms with E-state index in [4.69, 9.17) is 16.6 Å². The van der Waals surface area contributed by atoms with Crippen molar-refractivity contribution < 1.29 is 0 Å². The molecule has 0 amide bonds. The van der Waals surface area contributed by atoms with Crippen molar-refractivity contribution in [3.05, 3.63) is 106 Å². The summed E-state index contributed by atoms with van der Waals surface area (Å²) in [6.07, 6.45) is 0.941. The molecule has 2 nitrogen and oxygen atoms in total. The molecule has 0 aliphatic carbocycles. The highest BCUT2D eigenvalue weighted by Crippen LogP contribution is 2.28. The summed E-state index contributed by atoms with van der Waals surface area (Å²) in [6, 6.07) is 28.6. The zero-order chi connectivity index (χ0) is 18.5. The predicted molar refractivity (Wildman–Crippen MR) is 115 cm³/mol. The second-order valence-corrected chi connectivity index (χ2v) is 7.46. The summed E-state index contributed by atoms with van der Waals surface area (Å²) in [5, 5.41) is 2.91. The van der Waals surface area contributed by atoms with Crippen LogP contribution < -0.4 is 4.80 Å². The SMILES string of the molecule is Clc1ccccc1-c1csc(=Nc2ccccc2)n1CCc1ccccc1. The third-order valence-corrected chi connectivity index (χ3v) is 5.59. The Bertz CT molecular complexity index is 1080. The Morgan fingerprint density at radius 3 is 2.22 bits per heavy atom. The van der Waals surface area contributed by atoms with Crippen molar-refractivity contribution in [2.24, 2.45) is 4.99 Å². The van der Waals surface area contributed by atoms with Gasteiger partial charge in [-0.2, -0.15) is 0 Å². The number of para-hydroxylation sites is 1. The second-order valence-electron chi connectivity index (χ2n) is 6.22. The van der Waals surface area contributed by atoms with Gasteiger partial charge in [-0.15, -0.1) is 11.3 Å². The number of hydrogen-bond donors (Lipinski definition) is 0. The number of aryl methyl sites for hydroxylation is 1. The Morgan fingerprint density at radius 1 is 0.815 bits per heavy atom. The van der Waals surface area contributed by atoms with E-state index in [0.29, 0.717) is 0 Å². The average molecular weight is 391 g/mol. The minimum absolute atomic E-state index is 0.759. The molecule has 1 aromatic heterocycles. The van der Waals surface area contributed by atoms with Gasteiger partial charge < -0.3 is 4.57 Å². The molecule has 4 aromatic rings. The zero-order valence-corrected chi connectivity index (χ0v) is 16.3. The van der Waals surface area contributed by atoms with Crippen LogP contribution in [0.5, 0.6) is 0 Å². The summed E-state index contributed by atoms with van der Waals surface area (Å²) in [5.41, 5.74) is 4.42. The molecule has 0 unspecified atom stereocenters. The highest BCUT2D eigenvalue weighted by Gasteiger charge is 2.11. The normalized spacial score (nSPS) is 11.7. The van der Waals surface area contributed by atoms with Gasteiger partial charge >= 0.3 is 0 Å². The molecule has 1 heterocycles. The van der Waals surface area contributed by atoms with E-state index < -0.39 is 0 Å². The molecule has 0 atom stereocenters. The van der Waals surface area contributed by atoms with Crippen molar-refractivity contribution in [1.82, 2.24) is 4.57 Å². The molecule has 4 rings (SSSR count). The van der Waals surface area contributed by atoms with Crippen LogP contribution in [0, 0.1) is 0 Å². The lowest BCUT2D eigenvalue weighted by Gasteiger charge is -2.10. The molecule has 0 spiro atoms. The van der Waals surface area contributed by atoms with Crippen LogP contribution in [-0.4, -0.2) is 4.57 Å². The summed E-state index contributed by atoms with van der Waals surface area (Å²) >= 11 is 8.13. The molecule has 3 aromatic carbocycles. The van der Waals surface area contributed by atoms with E-state index in [1.54, 1.807) is 11.3 Å². The van der Waals surface area contributed by atoms with Crippen molar-refractivity contribution in [3.63, 3.8) is 0 Å². The highest BCUT2D eigenvalue weighted by molar-refractivity contribution is 7.07. The van der Waals surface area contributed by atoms with Crippen molar-refractivity contribution in [2.45, 2.75) is 13.0 Å². The van der Waals surface area contributed by atoms with Crippen molar-refractivity contribution in [3.8, 4) is 11.3 Å². The lowest BCUT2D eigenvalue weighted by Crippen LogP contribution is -2.17. The third-order valence-electron chi connectivity index (χ3n) is 4.40. The molecule has 0 aliphatic rings. The van der Waals surface area contributed by atoms with Crippen LogP contribution in [0.25, 0.3) is 11.3 Å². The summed E-state index contributed by atoms with van der Waals surface area (Å²) in [7, 11) is 0. The van der Waals surface area contributed by atoms with E-state index in [2.05, 4.69) is 40.3 Å². The molecule has 0 radical (unpaired) electrons. The predicted octanol–water partition coefficient (Wildman–Crippen LogP) is 6.35. The van der Waals surface area contributed by atoms with Gasteiger partial charge in [0.2, 0.25) is 0 Å². The topological polar surface area (TPSA) is 17.3 Å². The van der Waals surface area contributed by atoms with Gasteiger partial charge in [0.05, 0.1) is 11.4 Å². The van der Waals surface area contributed by atoms with Gasteiger partial charge in [-0.3, -0.25) is 0 Å². The van der Waals surface area contributed by atoms with Gasteiger partial charge in [-0.1, -0.05) is 78.3 Å². The second kappa shape index (κ2) is 8.38. The fourth-order valence-electron chi connectivity index (χ4n) is 3.02. The largest absolute Gasteiger partial charge is 0.316 e. The van der Waals surface area contributed by atoms with E-state index in [0.717, 1.165) is 39.7 Å². The Balaban J connectivity index is 1.78. The number of thiazole rings is 1. The third kappa shape index (κ3) is 4.21. The van der Waals surface area contributed by atoms with Crippen LogP contribution in [0.4, 0.5) is 5.69 Å². The molecule has 0 bridgehead atoms. The minimum atomic E-state index is 0.759. The number of halogens is 1. The van der Waals surface area contributed by atoms with Gasteiger partial charge in [0, 0.05) is 22.5 Å². The molecule has 134 valence electrons. The van der Waals surface area contributed by atoms with E-state index in [1.165, 1.54) is 5.56 Å². The molecule has 4 heteroatoms. The lowest BCUT2D eigenvalue weighted by atomic mass is 10.1. The van der Waals surface area contributed by atoms with Crippen LogP contribution in [0.3, 0.4) is 0 Å². The quantitative estimate of drug-likeness (QED) is 0.378. The van der Waals surface area contributed by atoms with E-state index in [9.17, 15) is 0 Å². The van der Waals surface area contributed by atoms with Crippen molar-refractivity contribution >= 4 is 28.6 Å². The summed E-state index contributed by atoms with van der Waals surface area (Å²) in [4.78, 5) is 5.85. The van der Waals surface area contributed by atoms with Gasteiger partial charge in [0.25, 0.3) is 0 Å². The van der Waals surface area contributed by atoms with Crippen molar-refractivity contribution in [2.75, 3.05) is 0 Å². The van der Waals surface area contributed by atoms with Gasteiger partial charge in [0.15, 0.2) is 4.80 Å². The maximum atomic E-state index is 6.48. The van der Waals surface area contributed by atoms with Crippen LogP contribution in [-0.2, 0) is 13.0 Å². The maximum Gasteiger partial charge on any atom is 0.190 e. The van der Waals surface area contributed by atoms with Crippen molar-refractivity contribution in [1.29, 1.82) is 0 Å². The van der Waals surface area contributed by atoms with Crippen LogP contribution >= 0.6 is 22.9 Å². The fraction of sp³-hybridized carbons (Fsp3) is 0.0870. The first-order chi connectivity index (χ1) is 13.3. The van der Waals surface area contributed by atoms with Gasteiger partial charge in [-0.25, -0.2) is 4.99 Å². The van der Waals surface area contributed by atoms with Crippen LogP contribution in [0.2, 0.25) is 5.02 Å². The Hall–Kier alpha value is -2.62. The van der Waals surface area contributed by atoms with Crippen LogP contribution in [0.15, 0.2) is 95.3 Å². The maximum absolute atomic E-state index is 6.48. The monoisotopic (exact) mass is 390 g/mol. The average Bonchev–Trinajstić information content (AvgIpc) is 3.10. The summed E-state index contributed by atoms with van der Waals surface area (Å²) in [6.45, 7) is 0.847. The fourth-order valence-corrected chi connectivity index (χ4v) is 4.20. The standard InChI is InChI=1S/C23H19ClN2S/c24-21-14-8-7-13-20(21)22-17-27-23(25-19-11-5-2-6-12-19)26(22)16-15-18-9-3-1-4-10-18/h1-14,17H,15-16H2. The number of benzene rings is 3. The summed E-state index contributed by atoms with van der Waals surface area (Å²) < 4.78 is 2.27. The first kappa shape index (κ1) is 17.8. The molecule has 27 heavy (non-hydrogen) atoms. The van der Waals surface area contributed by atoms with Gasteiger partial charge in [-0.05, 0) is 30.2 Å². The Morgan fingerprint density at radius 2 is 1.48 bits per heavy atom. The Kier molecular flexibility index (Phi) is 5.52. The molecular formula is C23H19ClN2S. The zero-order valence-electron chi connectivity index (χ0n) is 14.8. The minimum Gasteiger partial charge on any atom is -0.316 e. The highest BCUT2D eigenvalue weighted by atomic mass is 35.5. The molecule has 0 fully saturated rings. The number of nitrogens with zero attached hydrogens (tertiary/aromatic N) is 2. The number of hydrogen-bond acceptors (Lipinski definition) is 2. The molecule has 0 saturated carbocycles.